The van der Waals surface area contributed by atoms with Crippen LogP contribution in [-0.2, 0) is 16.0 Å². The van der Waals surface area contributed by atoms with Gasteiger partial charge in [-0.25, -0.2) is 0 Å². The zero-order chi connectivity index (χ0) is 22.4. The largest absolute Gasteiger partial charge is 0.381 e. The van der Waals surface area contributed by atoms with Crippen LogP contribution in [0.5, 0.6) is 0 Å². The maximum absolute atomic E-state index is 12.8. The highest BCUT2D eigenvalue weighted by molar-refractivity contribution is 5.81. The summed E-state index contributed by atoms with van der Waals surface area (Å²) in [6.07, 6.45) is 9.86. The molecule has 6 nitrogen and oxygen atoms in total. The van der Waals surface area contributed by atoms with E-state index in [0.29, 0.717) is 11.9 Å². The van der Waals surface area contributed by atoms with Crippen LogP contribution < -0.4 is 10.6 Å². The van der Waals surface area contributed by atoms with Gasteiger partial charge in [0.15, 0.2) is 5.96 Å². The number of unbranched alkanes of at least 4 members (excludes halogenated alkanes) is 1. The zero-order valence-electron chi connectivity index (χ0n) is 19.9. The first kappa shape index (κ1) is 24.6. The van der Waals surface area contributed by atoms with Gasteiger partial charge in [-0.05, 0) is 51.0 Å². The number of benzene rings is 1. The molecule has 0 radical (unpaired) electrons. The van der Waals surface area contributed by atoms with Crippen LogP contribution in [0.1, 0.15) is 63.9 Å². The van der Waals surface area contributed by atoms with Crippen molar-refractivity contribution in [1.29, 1.82) is 0 Å². The summed E-state index contributed by atoms with van der Waals surface area (Å²) in [6.45, 7) is 6.94. The van der Waals surface area contributed by atoms with Crippen LogP contribution in [0.2, 0.25) is 0 Å². The number of nitrogens with one attached hydrogen (secondary N) is 2. The van der Waals surface area contributed by atoms with Gasteiger partial charge < -0.3 is 20.3 Å². The van der Waals surface area contributed by atoms with Crippen LogP contribution in [0.15, 0.2) is 35.3 Å². The molecule has 1 unspecified atom stereocenters. The van der Waals surface area contributed by atoms with Crippen molar-refractivity contribution in [2.24, 2.45) is 10.9 Å². The van der Waals surface area contributed by atoms with E-state index in [1.165, 1.54) is 24.8 Å². The molecule has 1 aliphatic carbocycles. The van der Waals surface area contributed by atoms with Crippen LogP contribution in [0.4, 0.5) is 0 Å². The van der Waals surface area contributed by atoms with E-state index < -0.39 is 0 Å². The van der Waals surface area contributed by atoms with E-state index >= 15 is 0 Å². The number of ether oxygens (including phenoxy) is 1. The molecular formula is C26H42N4O2. The first-order valence-electron chi connectivity index (χ1n) is 12.7. The Hall–Kier alpha value is -2.08. The summed E-state index contributed by atoms with van der Waals surface area (Å²) in [5, 5.41) is 6.90. The Bertz CT molecular complexity index is 688. The molecule has 2 fully saturated rings. The fourth-order valence-corrected chi connectivity index (χ4v) is 4.64. The molecule has 1 atom stereocenters. The average molecular weight is 443 g/mol. The Balaban J connectivity index is 1.30. The summed E-state index contributed by atoms with van der Waals surface area (Å²) in [5.74, 6) is 1.51. The molecule has 2 aliphatic rings. The molecule has 1 aromatic rings. The van der Waals surface area contributed by atoms with E-state index in [1.54, 1.807) is 0 Å². The molecule has 0 spiro atoms. The number of amides is 1. The molecule has 0 aromatic heterocycles. The summed E-state index contributed by atoms with van der Waals surface area (Å²) in [6, 6.07) is 10.8. The van der Waals surface area contributed by atoms with Crippen molar-refractivity contribution >= 4 is 11.9 Å². The standard InChI is InChI=1S/C26H42N4O2/c1-2-27-26(28-17-9-10-19-32-20-16-22-11-5-3-6-12-22)29-24-15-18-30(21-24)25(31)23-13-7-4-8-14-23/h3,5-6,11-12,23-24H,2,4,7-10,13-21H2,1H3,(H2,27,28,29). The smallest absolute Gasteiger partial charge is 0.225 e. The van der Waals surface area contributed by atoms with Gasteiger partial charge in [0.2, 0.25) is 5.91 Å². The van der Waals surface area contributed by atoms with Crippen LogP contribution in [0.3, 0.4) is 0 Å². The highest BCUT2D eigenvalue weighted by Crippen LogP contribution is 2.26. The van der Waals surface area contributed by atoms with Crippen LogP contribution >= 0.6 is 0 Å². The lowest BCUT2D eigenvalue weighted by Crippen LogP contribution is -2.45. The van der Waals surface area contributed by atoms with Crippen molar-refractivity contribution in [2.45, 2.75) is 70.8 Å². The average Bonchev–Trinajstić information content (AvgIpc) is 3.30. The van der Waals surface area contributed by atoms with Crippen molar-refractivity contribution in [3.05, 3.63) is 35.9 Å². The molecular weight excluding hydrogens is 400 g/mol. The maximum atomic E-state index is 12.8. The van der Waals surface area contributed by atoms with E-state index in [0.717, 1.165) is 83.9 Å². The lowest BCUT2D eigenvalue weighted by atomic mass is 9.88. The molecule has 0 bridgehead atoms. The summed E-state index contributed by atoms with van der Waals surface area (Å²) in [5.41, 5.74) is 1.32. The van der Waals surface area contributed by atoms with Gasteiger partial charge in [-0.2, -0.15) is 0 Å². The molecule has 2 N–H and O–H groups in total. The van der Waals surface area contributed by atoms with Crippen LogP contribution in [-0.4, -0.2) is 62.2 Å². The number of aliphatic imine (C=N–C) groups is 1. The summed E-state index contributed by atoms with van der Waals surface area (Å²) < 4.78 is 5.77. The van der Waals surface area contributed by atoms with E-state index in [9.17, 15) is 4.79 Å². The van der Waals surface area contributed by atoms with Gasteiger partial charge >= 0.3 is 0 Å². The predicted octanol–water partition coefficient (Wildman–Crippen LogP) is 3.76. The Morgan fingerprint density at radius 3 is 2.69 bits per heavy atom. The summed E-state index contributed by atoms with van der Waals surface area (Å²) in [7, 11) is 0. The van der Waals surface area contributed by atoms with E-state index in [1.807, 2.05) is 6.07 Å². The third-order valence-corrected chi connectivity index (χ3v) is 6.48. The summed E-state index contributed by atoms with van der Waals surface area (Å²) in [4.78, 5) is 19.6. The third kappa shape index (κ3) is 8.45. The molecule has 1 heterocycles. The van der Waals surface area contributed by atoms with E-state index in [-0.39, 0.29) is 5.92 Å². The van der Waals surface area contributed by atoms with Gasteiger partial charge in [0.05, 0.1) is 6.61 Å². The van der Waals surface area contributed by atoms with Gasteiger partial charge in [-0.3, -0.25) is 9.79 Å². The minimum Gasteiger partial charge on any atom is -0.381 e. The second-order valence-corrected chi connectivity index (χ2v) is 9.06. The Morgan fingerprint density at radius 1 is 1.09 bits per heavy atom. The predicted molar refractivity (Wildman–Crippen MR) is 131 cm³/mol. The van der Waals surface area contributed by atoms with Crippen molar-refractivity contribution in [3.63, 3.8) is 0 Å². The van der Waals surface area contributed by atoms with E-state index in [4.69, 9.17) is 9.73 Å². The molecule has 1 aliphatic heterocycles. The number of likely N-dealkylation sites (tertiary alicyclic amines) is 1. The van der Waals surface area contributed by atoms with Crippen molar-refractivity contribution in [1.82, 2.24) is 15.5 Å². The van der Waals surface area contributed by atoms with Gasteiger partial charge in [0.25, 0.3) is 0 Å². The molecule has 6 heteroatoms. The third-order valence-electron chi connectivity index (χ3n) is 6.48. The van der Waals surface area contributed by atoms with Gasteiger partial charge in [-0.15, -0.1) is 0 Å². The number of hydrogen-bond donors (Lipinski definition) is 2. The maximum Gasteiger partial charge on any atom is 0.225 e. The van der Waals surface area contributed by atoms with Crippen molar-refractivity contribution in [2.75, 3.05) is 39.4 Å². The SMILES string of the molecule is CCNC(=NCCCCOCCc1ccccc1)NC1CCN(C(=O)C2CCCCC2)C1. The number of guanidine groups is 1. The highest BCUT2D eigenvalue weighted by Gasteiger charge is 2.31. The number of carbonyl (C=O) groups excluding carboxylic acids is 1. The number of carbonyl (C=O) groups is 1. The topological polar surface area (TPSA) is 66.0 Å². The fourth-order valence-electron chi connectivity index (χ4n) is 4.64. The zero-order valence-corrected chi connectivity index (χ0v) is 19.9. The van der Waals surface area contributed by atoms with Crippen molar-refractivity contribution in [3.8, 4) is 0 Å². The number of rotatable bonds is 11. The van der Waals surface area contributed by atoms with E-state index in [2.05, 4.69) is 46.7 Å². The molecule has 32 heavy (non-hydrogen) atoms. The van der Waals surface area contributed by atoms with Gasteiger partial charge in [-0.1, -0.05) is 49.6 Å². The Morgan fingerprint density at radius 2 is 1.91 bits per heavy atom. The molecule has 1 saturated heterocycles. The highest BCUT2D eigenvalue weighted by atomic mass is 16.5. The Kier molecular flexibility index (Phi) is 10.9. The van der Waals surface area contributed by atoms with Gasteiger partial charge in [0, 0.05) is 44.7 Å². The molecule has 178 valence electrons. The van der Waals surface area contributed by atoms with Crippen LogP contribution in [0, 0.1) is 5.92 Å². The first-order chi connectivity index (χ1) is 15.8. The lowest BCUT2D eigenvalue weighted by Gasteiger charge is -2.26. The summed E-state index contributed by atoms with van der Waals surface area (Å²) >= 11 is 0. The van der Waals surface area contributed by atoms with Gasteiger partial charge in [0.1, 0.15) is 0 Å². The van der Waals surface area contributed by atoms with Crippen molar-refractivity contribution < 1.29 is 9.53 Å². The molecule has 1 amide bonds. The quantitative estimate of drug-likeness (QED) is 0.311. The number of nitrogens with zero attached hydrogens (tertiary/aromatic N) is 2. The first-order valence-corrected chi connectivity index (χ1v) is 12.7. The lowest BCUT2D eigenvalue weighted by molar-refractivity contribution is -0.135. The normalized spacial score (nSPS) is 19.8. The second kappa shape index (κ2) is 14.1. The minimum absolute atomic E-state index is 0.263. The number of hydrogen-bond acceptors (Lipinski definition) is 3. The molecule has 1 saturated carbocycles. The fraction of sp³-hybridized carbons (Fsp3) is 0.692. The van der Waals surface area contributed by atoms with Crippen LogP contribution in [0.25, 0.3) is 0 Å². The molecule has 1 aromatic carbocycles. The molecule has 3 rings (SSSR count). The minimum atomic E-state index is 0.263. The second-order valence-electron chi connectivity index (χ2n) is 9.06. The monoisotopic (exact) mass is 442 g/mol. The Labute approximate surface area is 194 Å².